The minimum absolute atomic E-state index is 0.0927. The number of carbonyl (C=O) groups excluding carboxylic acids is 1. The molecule has 1 heterocycles. The molecule has 0 unspecified atom stereocenters. The molecule has 0 saturated heterocycles. The van der Waals surface area contributed by atoms with Crippen molar-refractivity contribution in [3.8, 4) is 0 Å². The molecule has 1 N–H and O–H groups in total. The van der Waals surface area contributed by atoms with Crippen molar-refractivity contribution in [3.63, 3.8) is 0 Å². The SMILES string of the molecule is C=C(NCC/C=C/CCC)c1ccccn1.C=C/C=C(\N=C)C(C)=O. The summed E-state index contributed by atoms with van der Waals surface area (Å²) in [5.74, 6) is -0.0927. The molecule has 1 aromatic rings. The van der Waals surface area contributed by atoms with Crippen LogP contribution in [0, 0.1) is 0 Å². The Morgan fingerprint density at radius 1 is 1.32 bits per heavy atom. The third kappa shape index (κ3) is 11.4. The standard InChI is InChI=1S/C14H20N2.C7H9NO/c1-3-4-5-6-8-11-15-13(2)14-10-7-9-12-16-14;1-4-5-7(8-3)6(2)9/h5-7,9-10,12,15H,2-4,8,11H2,1H3;4-5H,1,3H2,2H3/b6-5+;7-5-. The number of nitrogens with one attached hydrogen (secondary N) is 1. The summed E-state index contributed by atoms with van der Waals surface area (Å²) in [5, 5.41) is 3.27. The van der Waals surface area contributed by atoms with Crippen LogP contribution in [0.25, 0.3) is 5.70 Å². The van der Waals surface area contributed by atoms with Crippen LogP contribution >= 0.6 is 0 Å². The van der Waals surface area contributed by atoms with Crippen molar-refractivity contribution >= 4 is 18.2 Å². The molecule has 0 bridgehead atoms. The predicted octanol–water partition coefficient (Wildman–Crippen LogP) is 4.73. The summed E-state index contributed by atoms with van der Waals surface area (Å²) in [4.78, 5) is 18.2. The molecule has 4 nitrogen and oxygen atoms in total. The van der Waals surface area contributed by atoms with Crippen LogP contribution in [0.15, 0.2) is 72.5 Å². The van der Waals surface area contributed by atoms with Gasteiger partial charge in [-0.2, -0.15) is 0 Å². The molecule has 4 heteroatoms. The van der Waals surface area contributed by atoms with Crippen molar-refractivity contribution in [1.82, 2.24) is 10.3 Å². The molecule has 0 aliphatic heterocycles. The maximum Gasteiger partial charge on any atom is 0.178 e. The number of ketones is 1. The molecule has 0 radical (unpaired) electrons. The molecule has 25 heavy (non-hydrogen) atoms. The maximum absolute atomic E-state index is 10.5. The Balaban J connectivity index is 0.000000547. The van der Waals surface area contributed by atoms with Gasteiger partial charge in [0.15, 0.2) is 5.78 Å². The van der Waals surface area contributed by atoms with Crippen molar-refractivity contribution in [2.75, 3.05) is 6.54 Å². The molecule has 0 saturated carbocycles. The van der Waals surface area contributed by atoms with Gasteiger partial charge in [0.25, 0.3) is 0 Å². The van der Waals surface area contributed by atoms with Gasteiger partial charge in [-0.05, 0) is 37.8 Å². The average Bonchev–Trinajstić information content (AvgIpc) is 2.63. The number of carbonyl (C=O) groups is 1. The first-order valence-electron chi connectivity index (χ1n) is 8.36. The topological polar surface area (TPSA) is 54.4 Å². The molecule has 0 aliphatic rings. The van der Waals surface area contributed by atoms with Gasteiger partial charge in [0, 0.05) is 19.7 Å². The number of rotatable bonds is 10. The van der Waals surface area contributed by atoms with Crippen molar-refractivity contribution in [1.29, 1.82) is 0 Å². The number of allylic oxidation sites excluding steroid dienone is 4. The summed E-state index contributed by atoms with van der Waals surface area (Å²) >= 11 is 0. The molecular weight excluding hydrogens is 310 g/mol. The first-order chi connectivity index (χ1) is 12.1. The molecule has 0 spiro atoms. The van der Waals surface area contributed by atoms with Crippen LogP contribution < -0.4 is 5.32 Å². The van der Waals surface area contributed by atoms with Gasteiger partial charge in [-0.3, -0.25) is 14.8 Å². The average molecular weight is 339 g/mol. The lowest BCUT2D eigenvalue weighted by atomic mass is 10.2. The number of pyridine rings is 1. The summed E-state index contributed by atoms with van der Waals surface area (Å²) in [6, 6.07) is 5.84. The van der Waals surface area contributed by atoms with Gasteiger partial charge in [0.05, 0.1) is 11.4 Å². The first-order valence-corrected chi connectivity index (χ1v) is 8.36. The molecule has 0 amide bonds. The van der Waals surface area contributed by atoms with Crippen LogP contribution in [-0.4, -0.2) is 24.0 Å². The number of hydrogen-bond donors (Lipinski definition) is 1. The Morgan fingerprint density at radius 2 is 2.04 bits per heavy atom. The summed E-state index contributed by atoms with van der Waals surface area (Å²) < 4.78 is 0. The lowest BCUT2D eigenvalue weighted by Crippen LogP contribution is -2.12. The van der Waals surface area contributed by atoms with Gasteiger partial charge in [-0.15, -0.1) is 0 Å². The van der Waals surface area contributed by atoms with E-state index in [1.54, 1.807) is 6.20 Å². The molecule has 1 rings (SSSR count). The minimum atomic E-state index is -0.0927. The lowest BCUT2D eigenvalue weighted by Gasteiger charge is -2.06. The van der Waals surface area contributed by atoms with Gasteiger partial charge >= 0.3 is 0 Å². The van der Waals surface area contributed by atoms with E-state index in [1.807, 2.05) is 18.2 Å². The van der Waals surface area contributed by atoms with Crippen molar-refractivity contribution in [2.24, 2.45) is 4.99 Å². The fraction of sp³-hybridized carbons (Fsp3) is 0.286. The van der Waals surface area contributed by atoms with Crippen molar-refractivity contribution in [3.05, 3.63) is 73.2 Å². The van der Waals surface area contributed by atoms with Crippen LogP contribution in [0.2, 0.25) is 0 Å². The lowest BCUT2D eigenvalue weighted by molar-refractivity contribution is -0.113. The Hall–Kier alpha value is -2.75. The first kappa shape index (κ1) is 22.2. The zero-order valence-electron chi connectivity index (χ0n) is 15.4. The van der Waals surface area contributed by atoms with E-state index in [1.165, 1.54) is 31.9 Å². The zero-order valence-corrected chi connectivity index (χ0v) is 15.4. The molecule has 0 atom stereocenters. The molecular formula is C21H29N3O. The van der Waals surface area contributed by atoms with Crippen LogP contribution in [0.4, 0.5) is 0 Å². The Labute approximate surface area is 151 Å². The van der Waals surface area contributed by atoms with Crippen LogP contribution in [0.3, 0.4) is 0 Å². The smallest absolute Gasteiger partial charge is 0.178 e. The third-order valence-corrected chi connectivity index (χ3v) is 3.05. The number of Topliss-reactive ketones (excluding diaryl/α,β-unsaturated/α-hetero) is 1. The van der Waals surface area contributed by atoms with Crippen LogP contribution in [-0.2, 0) is 4.79 Å². The molecule has 0 aliphatic carbocycles. The second kappa shape index (κ2) is 14.8. The van der Waals surface area contributed by atoms with Gasteiger partial charge in [0.1, 0.15) is 5.70 Å². The van der Waals surface area contributed by atoms with Crippen LogP contribution in [0.5, 0.6) is 0 Å². The number of aliphatic imine (C=N–C) groups is 1. The number of unbranched alkanes of at least 4 members (excludes halogenated alkanes) is 1. The summed E-state index contributed by atoms with van der Waals surface area (Å²) in [6.45, 7) is 15.1. The maximum atomic E-state index is 10.5. The largest absolute Gasteiger partial charge is 0.383 e. The van der Waals surface area contributed by atoms with Gasteiger partial charge in [-0.1, -0.05) is 50.8 Å². The fourth-order valence-electron chi connectivity index (χ4n) is 1.73. The number of nitrogens with zero attached hydrogens (tertiary/aromatic N) is 2. The second-order valence-corrected chi connectivity index (χ2v) is 5.17. The van der Waals surface area contributed by atoms with Crippen molar-refractivity contribution in [2.45, 2.75) is 33.1 Å². The van der Waals surface area contributed by atoms with E-state index < -0.39 is 0 Å². The van der Waals surface area contributed by atoms with E-state index in [0.29, 0.717) is 5.70 Å². The Morgan fingerprint density at radius 3 is 2.52 bits per heavy atom. The van der Waals surface area contributed by atoms with E-state index in [-0.39, 0.29) is 5.78 Å². The highest BCUT2D eigenvalue weighted by Crippen LogP contribution is 2.04. The van der Waals surface area contributed by atoms with Crippen molar-refractivity contribution < 1.29 is 4.79 Å². The van der Waals surface area contributed by atoms with Gasteiger partial charge in [0.2, 0.25) is 0 Å². The predicted molar refractivity (Wildman–Crippen MR) is 108 cm³/mol. The molecule has 0 aromatic carbocycles. The number of hydrogen-bond acceptors (Lipinski definition) is 4. The monoisotopic (exact) mass is 339 g/mol. The highest BCUT2D eigenvalue weighted by atomic mass is 16.1. The van der Waals surface area contributed by atoms with E-state index in [0.717, 1.165) is 24.4 Å². The summed E-state index contributed by atoms with van der Waals surface area (Å²) in [5.41, 5.74) is 2.16. The number of aromatic nitrogens is 1. The summed E-state index contributed by atoms with van der Waals surface area (Å²) in [7, 11) is 0. The highest BCUT2D eigenvalue weighted by molar-refractivity contribution is 5.93. The van der Waals surface area contributed by atoms with Gasteiger partial charge < -0.3 is 5.32 Å². The van der Waals surface area contributed by atoms with E-state index in [9.17, 15) is 4.79 Å². The normalized spacial score (nSPS) is 10.6. The second-order valence-electron chi connectivity index (χ2n) is 5.17. The Kier molecular flexibility index (Phi) is 13.2. The van der Waals surface area contributed by atoms with Crippen LogP contribution in [0.1, 0.15) is 38.8 Å². The zero-order chi connectivity index (χ0) is 18.9. The van der Waals surface area contributed by atoms with E-state index >= 15 is 0 Å². The minimum Gasteiger partial charge on any atom is -0.383 e. The van der Waals surface area contributed by atoms with E-state index in [4.69, 9.17) is 0 Å². The Bertz CT molecular complexity index is 601. The third-order valence-electron chi connectivity index (χ3n) is 3.05. The molecule has 1 aromatic heterocycles. The highest BCUT2D eigenvalue weighted by Gasteiger charge is 1.96. The van der Waals surface area contributed by atoms with Gasteiger partial charge in [-0.25, -0.2) is 0 Å². The fourth-order valence-corrected chi connectivity index (χ4v) is 1.73. The molecule has 134 valence electrons. The molecule has 0 fully saturated rings. The van der Waals surface area contributed by atoms with E-state index in [2.05, 4.69) is 54.2 Å². The quantitative estimate of drug-likeness (QED) is 0.220. The summed E-state index contributed by atoms with van der Waals surface area (Å²) in [6.07, 6.45) is 12.7.